The maximum Gasteiger partial charge on any atom is 0.347 e. The molecule has 0 amide bonds. The maximum atomic E-state index is 11.1. The lowest BCUT2D eigenvalue weighted by molar-refractivity contribution is -0.146. The molecule has 3 rings (SSSR count). The highest BCUT2D eigenvalue weighted by Gasteiger charge is 2.45. The molecule has 1 aromatic carbocycles. The first-order valence-corrected chi connectivity index (χ1v) is 6.82. The first kappa shape index (κ1) is 13.1. The molecular formula is C15H17NO4. The summed E-state index contributed by atoms with van der Waals surface area (Å²) < 4.78 is 10.9. The lowest BCUT2D eigenvalue weighted by atomic mass is 10.1. The van der Waals surface area contributed by atoms with Crippen LogP contribution in [0.15, 0.2) is 35.3 Å². The van der Waals surface area contributed by atoms with Crippen LogP contribution in [0.25, 0.3) is 0 Å². The number of aliphatic imine (C=N–C) groups is 1. The maximum absolute atomic E-state index is 11.1. The Balaban J connectivity index is 1.53. The molecule has 0 unspecified atom stereocenters. The van der Waals surface area contributed by atoms with Crippen LogP contribution < -0.4 is 0 Å². The van der Waals surface area contributed by atoms with Gasteiger partial charge in [-0.3, -0.25) is 0 Å². The zero-order chi connectivity index (χ0) is 13.9. The molecule has 0 radical (unpaired) electrons. The van der Waals surface area contributed by atoms with Gasteiger partial charge in [0.05, 0.1) is 6.61 Å². The quantitative estimate of drug-likeness (QED) is 0.860. The van der Waals surface area contributed by atoms with Gasteiger partial charge in [0.2, 0.25) is 12.0 Å². The average molecular weight is 275 g/mol. The van der Waals surface area contributed by atoms with Gasteiger partial charge in [-0.25, -0.2) is 9.79 Å². The normalized spacial score (nSPS) is 25.1. The first-order chi connectivity index (χ1) is 9.74. The van der Waals surface area contributed by atoms with Crippen LogP contribution in [0.3, 0.4) is 0 Å². The van der Waals surface area contributed by atoms with Crippen molar-refractivity contribution in [1.29, 1.82) is 0 Å². The van der Waals surface area contributed by atoms with Gasteiger partial charge >= 0.3 is 5.97 Å². The number of carboxylic acid groups (broad SMARTS) is 1. The topological polar surface area (TPSA) is 68.1 Å². The molecule has 1 aliphatic carbocycles. The molecular weight excluding hydrogens is 258 g/mol. The van der Waals surface area contributed by atoms with Crippen molar-refractivity contribution in [3.05, 3.63) is 35.9 Å². The molecule has 0 aromatic heterocycles. The molecule has 20 heavy (non-hydrogen) atoms. The van der Waals surface area contributed by atoms with E-state index in [4.69, 9.17) is 14.6 Å². The molecule has 1 saturated carbocycles. The van der Waals surface area contributed by atoms with Crippen molar-refractivity contribution in [3.63, 3.8) is 0 Å². The fraction of sp³-hybridized carbons (Fsp3) is 0.467. The van der Waals surface area contributed by atoms with Crippen molar-refractivity contribution in [2.75, 3.05) is 6.61 Å². The number of hydrogen-bond acceptors (Lipinski definition) is 4. The molecule has 0 saturated heterocycles. The van der Waals surface area contributed by atoms with Crippen molar-refractivity contribution >= 4 is 11.9 Å². The summed E-state index contributed by atoms with van der Waals surface area (Å²) in [7, 11) is 0. The van der Waals surface area contributed by atoms with Gasteiger partial charge in [-0.15, -0.1) is 0 Å². The van der Waals surface area contributed by atoms with Gasteiger partial charge in [-0.05, 0) is 24.3 Å². The Morgan fingerprint density at radius 2 is 2.05 bits per heavy atom. The van der Waals surface area contributed by atoms with Gasteiger partial charge in [0.15, 0.2) is 0 Å². The number of hydrogen-bond donors (Lipinski definition) is 1. The number of benzene rings is 1. The molecule has 1 aromatic rings. The van der Waals surface area contributed by atoms with Gasteiger partial charge < -0.3 is 14.6 Å². The van der Waals surface area contributed by atoms with Crippen molar-refractivity contribution in [2.45, 2.75) is 31.6 Å². The lowest BCUT2D eigenvalue weighted by Gasteiger charge is -2.12. The Kier molecular flexibility index (Phi) is 3.69. The van der Waals surface area contributed by atoms with Crippen LogP contribution in [0, 0.1) is 5.92 Å². The van der Waals surface area contributed by atoms with E-state index in [1.165, 1.54) is 0 Å². The van der Waals surface area contributed by atoms with Crippen LogP contribution in [0.2, 0.25) is 0 Å². The molecule has 1 heterocycles. The van der Waals surface area contributed by atoms with E-state index in [2.05, 4.69) is 4.99 Å². The Morgan fingerprint density at radius 3 is 2.70 bits per heavy atom. The fourth-order valence-corrected chi connectivity index (χ4v) is 2.37. The van der Waals surface area contributed by atoms with E-state index in [0.29, 0.717) is 18.4 Å². The number of nitrogens with zero attached hydrogens (tertiary/aromatic N) is 1. The predicted octanol–water partition coefficient (Wildman–Crippen LogP) is 1.86. The molecule has 5 nitrogen and oxygen atoms in total. The zero-order valence-corrected chi connectivity index (χ0v) is 11.1. The summed E-state index contributed by atoms with van der Waals surface area (Å²) in [5.41, 5.74) is 1.07. The number of rotatable bonds is 6. The second-order valence-corrected chi connectivity index (χ2v) is 5.21. The SMILES string of the molecule is O=C(O)[C@@H]1OC(COCc2ccccc2)=N[C@H]1C1CC1. The van der Waals surface area contributed by atoms with Gasteiger partial charge in [0.1, 0.15) is 12.6 Å². The molecule has 0 bridgehead atoms. The van der Waals surface area contributed by atoms with Crippen LogP contribution in [0.4, 0.5) is 0 Å². The summed E-state index contributed by atoms with van der Waals surface area (Å²) in [6.07, 6.45) is 1.25. The summed E-state index contributed by atoms with van der Waals surface area (Å²) in [6.45, 7) is 0.691. The van der Waals surface area contributed by atoms with E-state index in [1.54, 1.807) is 0 Å². The molecule has 1 fully saturated rings. The summed E-state index contributed by atoms with van der Waals surface area (Å²) in [5, 5.41) is 9.14. The van der Waals surface area contributed by atoms with Crippen LogP contribution >= 0.6 is 0 Å². The summed E-state index contributed by atoms with van der Waals surface area (Å²) in [6, 6.07) is 9.57. The Hall–Kier alpha value is -1.88. The largest absolute Gasteiger partial charge is 0.478 e. The van der Waals surface area contributed by atoms with Gasteiger partial charge in [0, 0.05) is 0 Å². The molecule has 1 N–H and O–H groups in total. The summed E-state index contributed by atoms with van der Waals surface area (Å²) in [5.74, 6) is -0.170. The third kappa shape index (κ3) is 2.99. The van der Waals surface area contributed by atoms with Crippen LogP contribution in [-0.2, 0) is 20.9 Å². The zero-order valence-electron chi connectivity index (χ0n) is 11.1. The fourth-order valence-electron chi connectivity index (χ4n) is 2.37. The van der Waals surface area contributed by atoms with E-state index >= 15 is 0 Å². The van der Waals surface area contributed by atoms with E-state index < -0.39 is 12.1 Å². The third-order valence-electron chi connectivity index (χ3n) is 3.55. The minimum atomic E-state index is -0.941. The van der Waals surface area contributed by atoms with Crippen molar-refractivity contribution in [1.82, 2.24) is 0 Å². The van der Waals surface area contributed by atoms with Crippen LogP contribution in [0.5, 0.6) is 0 Å². The van der Waals surface area contributed by atoms with Crippen LogP contribution in [0.1, 0.15) is 18.4 Å². The minimum absolute atomic E-state index is 0.224. The Labute approximate surface area is 117 Å². The highest BCUT2D eigenvalue weighted by atomic mass is 16.6. The minimum Gasteiger partial charge on any atom is -0.478 e. The molecule has 1 aliphatic heterocycles. The molecule has 2 aliphatic rings. The summed E-state index contributed by atoms with van der Waals surface area (Å²) in [4.78, 5) is 15.5. The Bertz CT molecular complexity index is 510. The van der Waals surface area contributed by atoms with Crippen LogP contribution in [-0.4, -0.2) is 35.7 Å². The van der Waals surface area contributed by atoms with E-state index in [1.807, 2.05) is 30.3 Å². The average Bonchev–Trinajstić information content (AvgIpc) is 3.20. The number of aliphatic carboxylic acids is 1. The predicted molar refractivity (Wildman–Crippen MR) is 72.6 cm³/mol. The van der Waals surface area contributed by atoms with E-state index in [0.717, 1.165) is 18.4 Å². The Morgan fingerprint density at radius 1 is 1.30 bits per heavy atom. The first-order valence-electron chi connectivity index (χ1n) is 6.82. The van der Waals surface area contributed by atoms with Crippen molar-refractivity contribution in [2.24, 2.45) is 10.9 Å². The van der Waals surface area contributed by atoms with Crippen molar-refractivity contribution < 1.29 is 19.4 Å². The second-order valence-electron chi connectivity index (χ2n) is 5.21. The molecule has 2 atom stereocenters. The molecule has 0 spiro atoms. The standard InChI is InChI=1S/C15H17NO4/c17-15(18)14-13(11-6-7-11)16-12(20-14)9-19-8-10-4-2-1-3-5-10/h1-5,11,13-14H,6-9H2,(H,17,18)/t13-,14+/m0/s1. The monoisotopic (exact) mass is 275 g/mol. The highest BCUT2D eigenvalue weighted by Crippen LogP contribution is 2.38. The van der Waals surface area contributed by atoms with E-state index in [9.17, 15) is 4.79 Å². The highest BCUT2D eigenvalue weighted by molar-refractivity contribution is 5.86. The lowest BCUT2D eigenvalue weighted by Crippen LogP contribution is -2.33. The van der Waals surface area contributed by atoms with Crippen molar-refractivity contribution in [3.8, 4) is 0 Å². The summed E-state index contributed by atoms with van der Waals surface area (Å²) >= 11 is 0. The number of carbonyl (C=O) groups is 1. The molecule has 106 valence electrons. The van der Waals surface area contributed by atoms with Gasteiger partial charge in [-0.1, -0.05) is 30.3 Å². The van der Waals surface area contributed by atoms with Gasteiger partial charge in [0.25, 0.3) is 0 Å². The third-order valence-corrected chi connectivity index (χ3v) is 3.55. The van der Waals surface area contributed by atoms with E-state index in [-0.39, 0.29) is 12.6 Å². The second kappa shape index (κ2) is 5.63. The number of carboxylic acids is 1. The smallest absolute Gasteiger partial charge is 0.347 e. The number of ether oxygens (including phenoxy) is 2. The van der Waals surface area contributed by atoms with Gasteiger partial charge in [-0.2, -0.15) is 0 Å². The molecule has 5 heteroatoms.